The van der Waals surface area contributed by atoms with Crippen molar-refractivity contribution in [3.63, 3.8) is 0 Å². The molecule has 0 aliphatic carbocycles. The van der Waals surface area contributed by atoms with Crippen LogP contribution in [-0.4, -0.2) is 23.2 Å². The van der Waals surface area contributed by atoms with Gasteiger partial charge in [0.25, 0.3) is 0 Å². The third-order valence-corrected chi connectivity index (χ3v) is 2.87. The first-order valence-corrected chi connectivity index (χ1v) is 5.43. The summed E-state index contributed by atoms with van der Waals surface area (Å²) in [6.07, 6.45) is 2.16. The fraction of sp³-hybridized carbons (Fsp3) is 0.167. The lowest BCUT2D eigenvalue weighted by molar-refractivity contribution is -0.120. The molecule has 17 heavy (non-hydrogen) atoms. The maximum absolute atomic E-state index is 11.7. The minimum Gasteiger partial charge on any atom is -0.276 e. The smallest absolute Gasteiger partial charge is 0.276 e. The number of aromatic nitrogens is 1. The van der Waals surface area contributed by atoms with E-state index in [1.165, 1.54) is 5.01 Å². The fourth-order valence-electron chi connectivity index (χ4n) is 2.04. The van der Waals surface area contributed by atoms with Gasteiger partial charge in [0.2, 0.25) is 5.91 Å². The first-order valence-electron chi connectivity index (χ1n) is 5.43. The van der Waals surface area contributed by atoms with Crippen molar-refractivity contribution in [3.05, 3.63) is 36.5 Å². The van der Waals surface area contributed by atoms with E-state index in [1.54, 1.807) is 4.68 Å². The highest BCUT2D eigenvalue weighted by Gasteiger charge is 2.24. The minimum atomic E-state index is -0.373. The largest absolute Gasteiger partial charge is 0.343 e. The van der Waals surface area contributed by atoms with E-state index < -0.39 is 0 Å². The van der Waals surface area contributed by atoms with Crippen LogP contribution in [0.25, 0.3) is 10.9 Å². The number of urea groups is 1. The van der Waals surface area contributed by atoms with Gasteiger partial charge in [-0.2, -0.15) is 0 Å². The molecule has 1 saturated heterocycles. The third kappa shape index (κ3) is 1.56. The van der Waals surface area contributed by atoms with Crippen LogP contribution < -0.4 is 10.3 Å². The summed E-state index contributed by atoms with van der Waals surface area (Å²) in [7, 11) is 0. The van der Waals surface area contributed by atoms with Crippen LogP contribution in [0, 0.1) is 0 Å². The van der Waals surface area contributed by atoms with Crippen LogP contribution in [0.2, 0.25) is 0 Å². The van der Waals surface area contributed by atoms with E-state index in [0.29, 0.717) is 13.0 Å². The maximum Gasteiger partial charge on any atom is 0.343 e. The lowest BCUT2D eigenvalue weighted by Crippen LogP contribution is -2.54. The van der Waals surface area contributed by atoms with E-state index in [-0.39, 0.29) is 11.9 Å². The van der Waals surface area contributed by atoms with E-state index in [2.05, 4.69) is 5.32 Å². The second-order valence-electron chi connectivity index (χ2n) is 3.95. The molecule has 3 rings (SSSR count). The summed E-state index contributed by atoms with van der Waals surface area (Å²) in [4.78, 5) is 22.8. The van der Waals surface area contributed by atoms with Gasteiger partial charge in [0.1, 0.15) is 0 Å². The molecule has 3 amide bonds. The van der Waals surface area contributed by atoms with E-state index in [4.69, 9.17) is 0 Å². The standard InChI is InChI=1S/C12H11N3O2/c16-11-6-8-15(12(17)13-11)14-7-5-9-3-1-2-4-10(9)14/h1-5,7H,6,8H2,(H,13,16,17). The fourth-order valence-corrected chi connectivity index (χ4v) is 2.04. The lowest BCUT2D eigenvalue weighted by Gasteiger charge is -2.27. The molecule has 1 aromatic heterocycles. The summed E-state index contributed by atoms with van der Waals surface area (Å²) in [6.45, 7) is 0.406. The van der Waals surface area contributed by atoms with Crippen LogP contribution in [-0.2, 0) is 4.79 Å². The van der Waals surface area contributed by atoms with Crippen LogP contribution in [0.15, 0.2) is 36.5 Å². The summed E-state index contributed by atoms with van der Waals surface area (Å²) in [5.41, 5.74) is 0.956. The number of carbonyl (C=O) groups is 2. The molecule has 0 spiro atoms. The Morgan fingerprint density at radius 3 is 2.76 bits per heavy atom. The average Bonchev–Trinajstić information content (AvgIpc) is 2.73. The summed E-state index contributed by atoms with van der Waals surface area (Å²) < 4.78 is 1.77. The highest BCUT2D eigenvalue weighted by Crippen LogP contribution is 2.16. The summed E-state index contributed by atoms with van der Waals surface area (Å²) in [5, 5.41) is 4.91. The Balaban J connectivity index is 2.04. The molecule has 0 saturated carbocycles. The van der Waals surface area contributed by atoms with Gasteiger partial charge in [0.05, 0.1) is 12.1 Å². The molecule has 2 aromatic rings. The molecule has 0 bridgehead atoms. The number of fused-ring (bicyclic) bond motifs is 1. The highest BCUT2D eigenvalue weighted by atomic mass is 16.2. The molecule has 2 heterocycles. The number of benzene rings is 1. The Bertz CT molecular complexity index is 603. The molecular formula is C12H11N3O2. The molecule has 0 unspecified atom stereocenters. The van der Waals surface area contributed by atoms with Crippen LogP contribution in [0.5, 0.6) is 0 Å². The molecule has 86 valence electrons. The van der Waals surface area contributed by atoms with Crippen molar-refractivity contribution in [1.29, 1.82) is 0 Å². The van der Waals surface area contributed by atoms with E-state index in [0.717, 1.165) is 10.9 Å². The van der Waals surface area contributed by atoms with Gasteiger partial charge in [-0.1, -0.05) is 18.2 Å². The summed E-state index contributed by atoms with van der Waals surface area (Å²) in [6, 6.07) is 9.37. The molecular weight excluding hydrogens is 218 g/mol. The summed E-state index contributed by atoms with van der Waals surface area (Å²) >= 11 is 0. The molecule has 1 aliphatic heterocycles. The Morgan fingerprint density at radius 1 is 1.12 bits per heavy atom. The number of nitrogens with one attached hydrogen (secondary N) is 1. The van der Waals surface area contributed by atoms with Crippen LogP contribution in [0.4, 0.5) is 4.79 Å². The first-order chi connectivity index (χ1) is 8.25. The Hall–Kier alpha value is -2.30. The molecule has 1 aliphatic rings. The number of hydrogen-bond acceptors (Lipinski definition) is 2. The quantitative estimate of drug-likeness (QED) is 0.799. The number of imide groups is 1. The molecule has 5 nitrogen and oxygen atoms in total. The van der Waals surface area contributed by atoms with Crippen molar-refractivity contribution in [3.8, 4) is 0 Å². The van der Waals surface area contributed by atoms with Gasteiger partial charge in [-0.25, -0.2) is 9.80 Å². The zero-order chi connectivity index (χ0) is 11.8. The molecule has 0 radical (unpaired) electrons. The Kier molecular flexibility index (Phi) is 2.11. The molecule has 5 heteroatoms. The van der Waals surface area contributed by atoms with Gasteiger partial charge < -0.3 is 0 Å². The lowest BCUT2D eigenvalue weighted by atomic mass is 10.2. The van der Waals surface area contributed by atoms with Crippen LogP contribution >= 0.6 is 0 Å². The SMILES string of the molecule is O=C1CCN(n2ccc3ccccc32)C(=O)N1. The van der Waals surface area contributed by atoms with Gasteiger partial charge in [-0.3, -0.25) is 14.8 Å². The zero-order valence-corrected chi connectivity index (χ0v) is 9.09. The van der Waals surface area contributed by atoms with Crippen molar-refractivity contribution >= 4 is 22.8 Å². The van der Waals surface area contributed by atoms with Crippen molar-refractivity contribution in [2.75, 3.05) is 11.6 Å². The van der Waals surface area contributed by atoms with Gasteiger partial charge in [-0.15, -0.1) is 0 Å². The maximum atomic E-state index is 11.7. The van der Waals surface area contributed by atoms with E-state index in [9.17, 15) is 9.59 Å². The van der Waals surface area contributed by atoms with Crippen molar-refractivity contribution in [2.45, 2.75) is 6.42 Å². The monoisotopic (exact) mass is 229 g/mol. The highest BCUT2D eigenvalue weighted by molar-refractivity contribution is 6.02. The number of nitrogens with zero attached hydrogens (tertiary/aromatic N) is 2. The minimum absolute atomic E-state index is 0.220. The van der Waals surface area contributed by atoms with Gasteiger partial charge >= 0.3 is 6.03 Å². The zero-order valence-electron chi connectivity index (χ0n) is 9.09. The second kappa shape index (κ2) is 3.62. The summed E-state index contributed by atoms with van der Waals surface area (Å²) in [5.74, 6) is -0.220. The van der Waals surface area contributed by atoms with Crippen molar-refractivity contribution in [1.82, 2.24) is 9.99 Å². The molecule has 1 N–H and O–H groups in total. The average molecular weight is 229 g/mol. The van der Waals surface area contributed by atoms with Gasteiger partial charge in [0.15, 0.2) is 0 Å². The van der Waals surface area contributed by atoms with Crippen LogP contribution in [0.1, 0.15) is 6.42 Å². The number of amides is 3. The first kappa shape index (κ1) is 9.89. The predicted molar refractivity (Wildman–Crippen MR) is 63.2 cm³/mol. The van der Waals surface area contributed by atoms with Gasteiger partial charge in [0, 0.05) is 18.0 Å². The Morgan fingerprint density at radius 2 is 1.94 bits per heavy atom. The third-order valence-electron chi connectivity index (χ3n) is 2.87. The van der Waals surface area contributed by atoms with E-state index in [1.807, 2.05) is 36.5 Å². The number of hydrogen-bond donors (Lipinski definition) is 1. The normalized spacial score (nSPS) is 16.4. The van der Waals surface area contributed by atoms with Gasteiger partial charge in [-0.05, 0) is 12.1 Å². The number of rotatable bonds is 1. The number of carbonyl (C=O) groups excluding carboxylic acids is 2. The second-order valence-corrected chi connectivity index (χ2v) is 3.95. The number of para-hydroxylation sites is 1. The van der Waals surface area contributed by atoms with Crippen LogP contribution in [0.3, 0.4) is 0 Å². The van der Waals surface area contributed by atoms with E-state index >= 15 is 0 Å². The predicted octanol–water partition coefficient (Wildman–Crippen LogP) is 1.22. The molecule has 1 fully saturated rings. The van der Waals surface area contributed by atoms with Crippen molar-refractivity contribution < 1.29 is 9.59 Å². The topological polar surface area (TPSA) is 54.3 Å². The molecule has 1 aromatic carbocycles. The Labute approximate surface area is 97.6 Å². The molecule has 0 atom stereocenters. The van der Waals surface area contributed by atoms with Crippen molar-refractivity contribution in [2.24, 2.45) is 0 Å².